The van der Waals surface area contributed by atoms with E-state index in [9.17, 15) is 4.79 Å². The van der Waals surface area contributed by atoms with Gasteiger partial charge in [0.1, 0.15) is 0 Å². The molecule has 1 aliphatic carbocycles. The molecule has 2 unspecified atom stereocenters. The van der Waals surface area contributed by atoms with Gasteiger partial charge in [0.05, 0.1) is 13.2 Å². The molecule has 1 rings (SSSR count). The summed E-state index contributed by atoms with van der Waals surface area (Å²) in [4.78, 5) is 11.2. The van der Waals surface area contributed by atoms with Crippen LogP contribution in [0.3, 0.4) is 0 Å². The number of nitrogens with one attached hydrogen (secondary N) is 1. The minimum atomic E-state index is -0.129. The maximum atomic E-state index is 11.2. The van der Waals surface area contributed by atoms with Crippen molar-refractivity contribution in [1.82, 2.24) is 5.32 Å². The second-order valence-electron chi connectivity index (χ2n) is 4.32. The third-order valence-corrected chi connectivity index (χ3v) is 3.20. The van der Waals surface area contributed by atoms with Gasteiger partial charge < -0.3 is 10.1 Å². The number of carbonyl (C=O) groups is 1. The Morgan fingerprint density at radius 3 is 2.87 bits per heavy atom. The SMILES string of the molecule is CCOC(=O)CNC1CCCC(CC)C1. The monoisotopic (exact) mass is 213 g/mol. The molecule has 0 aliphatic heterocycles. The molecular formula is C12H23NO2. The molecular weight excluding hydrogens is 190 g/mol. The number of hydrogen-bond donors (Lipinski definition) is 1. The summed E-state index contributed by atoms with van der Waals surface area (Å²) in [5.74, 6) is 0.717. The molecule has 88 valence electrons. The van der Waals surface area contributed by atoms with E-state index >= 15 is 0 Å². The fourth-order valence-electron chi connectivity index (χ4n) is 2.29. The molecule has 15 heavy (non-hydrogen) atoms. The van der Waals surface area contributed by atoms with Crippen molar-refractivity contribution >= 4 is 5.97 Å². The average molecular weight is 213 g/mol. The molecule has 1 fully saturated rings. The molecule has 2 atom stereocenters. The van der Waals surface area contributed by atoms with Crippen LogP contribution in [0.5, 0.6) is 0 Å². The van der Waals surface area contributed by atoms with Crippen LogP contribution < -0.4 is 5.32 Å². The van der Waals surface area contributed by atoms with Crippen LogP contribution in [0, 0.1) is 5.92 Å². The Balaban J connectivity index is 2.17. The highest BCUT2D eigenvalue weighted by molar-refractivity contribution is 5.71. The van der Waals surface area contributed by atoms with Gasteiger partial charge in [0, 0.05) is 6.04 Å². The molecule has 0 aromatic carbocycles. The normalized spacial score (nSPS) is 26.3. The highest BCUT2D eigenvalue weighted by atomic mass is 16.5. The van der Waals surface area contributed by atoms with Crippen molar-refractivity contribution in [3.8, 4) is 0 Å². The standard InChI is InChI=1S/C12H23NO2/c1-3-10-6-5-7-11(8-10)13-9-12(14)15-4-2/h10-11,13H,3-9H2,1-2H3. The number of esters is 1. The van der Waals surface area contributed by atoms with Crippen molar-refractivity contribution in [2.75, 3.05) is 13.2 Å². The average Bonchev–Trinajstić information content (AvgIpc) is 2.27. The fourth-order valence-corrected chi connectivity index (χ4v) is 2.29. The van der Waals surface area contributed by atoms with E-state index < -0.39 is 0 Å². The van der Waals surface area contributed by atoms with E-state index in [1.807, 2.05) is 6.92 Å². The lowest BCUT2D eigenvalue weighted by molar-refractivity contribution is -0.142. The van der Waals surface area contributed by atoms with Crippen molar-refractivity contribution in [2.24, 2.45) is 5.92 Å². The van der Waals surface area contributed by atoms with Crippen LogP contribution in [-0.4, -0.2) is 25.2 Å². The summed E-state index contributed by atoms with van der Waals surface area (Å²) in [5, 5.41) is 3.30. The maximum Gasteiger partial charge on any atom is 0.319 e. The summed E-state index contributed by atoms with van der Waals surface area (Å²) in [6.45, 7) is 4.93. The minimum Gasteiger partial charge on any atom is -0.465 e. The molecule has 0 aromatic rings. The lowest BCUT2D eigenvalue weighted by Gasteiger charge is -2.28. The molecule has 0 saturated heterocycles. The lowest BCUT2D eigenvalue weighted by Crippen LogP contribution is -2.37. The van der Waals surface area contributed by atoms with E-state index in [1.54, 1.807) is 0 Å². The van der Waals surface area contributed by atoms with E-state index in [0.717, 1.165) is 5.92 Å². The van der Waals surface area contributed by atoms with Gasteiger partial charge in [-0.2, -0.15) is 0 Å². The predicted molar refractivity (Wildman–Crippen MR) is 60.7 cm³/mol. The Morgan fingerprint density at radius 2 is 2.20 bits per heavy atom. The van der Waals surface area contributed by atoms with Gasteiger partial charge in [-0.1, -0.05) is 26.2 Å². The quantitative estimate of drug-likeness (QED) is 0.711. The number of hydrogen-bond acceptors (Lipinski definition) is 3. The summed E-state index contributed by atoms with van der Waals surface area (Å²) in [6.07, 6.45) is 6.33. The Morgan fingerprint density at radius 1 is 1.40 bits per heavy atom. The van der Waals surface area contributed by atoms with Crippen molar-refractivity contribution < 1.29 is 9.53 Å². The maximum absolute atomic E-state index is 11.2. The second-order valence-corrected chi connectivity index (χ2v) is 4.32. The molecule has 1 aliphatic rings. The summed E-state index contributed by atoms with van der Waals surface area (Å²) in [6, 6.07) is 0.521. The molecule has 0 heterocycles. The molecule has 0 bridgehead atoms. The molecule has 3 nitrogen and oxygen atoms in total. The zero-order valence-corrected chi connectivity index (χ0v) is 9.92. The molecule has 3 heteroatoms. The van der Waals surface area contributed by atoms with E-state index in [-0.39, 0.29) is 5.97 Å². The van der Waals surface area contributed by atoms with Gasteiger partial charge in [-0.3, -0.25) is 4.79 Å². The van der Waals surface area contributed by atoms with Crippen LogP contribution in [0.15, 0.2) is 0 Å². The first-order chi connectivity index (χ1) is 7.26. The Bertz CT molecular complexity index is 194. The molecule has 1 N–H and O–H groups in total. The van der Waals surface area contributed by atoms with E-state index in [2.05, 4.69) is 12.2 Å². The van der Waals surface area contributed by atoms with Crippen LogP contribution >= 0.6 is 0 Å². The fraction of sp³-hybridized carbons (Fsp3) is 0.917. The van der Waals surface area contributed by atoms with Gasteiger partial charge in [-0.25, -0.2) is 0 Å². The highest BCUT2D eigenvalue weighted by Crippen LogP contribution is 2.26. The van der Waals surface area contributed by atoms with E-state index in [4.69, 9.17) is 4.74 Å². The van der Waals surface area contributed by atoms with Crippen molar-refractivity contribution in [1.29, 1.82) is 0 Å². The number of rotatable bonds is 5. The smallest absolute Gasteiger partial charge is 0.319 e. The van der Waals surface area contributed by atoms with Gasteiger partial charge >= 0.3 is 5.97 Å². The first-order valence-corrected chi connectivity index (χ1v) is 6.15. The predicted octanol–water partition coefficient (Wildman–Crippen LogP) is 2.11. The van der Waals surface area contributed by atoms with Crippen molar-refractivity contribution in [2.45, 2.75) is 52.0 Å². The molecule has 0 spiro atoms. The van der Waals surface area contributed by atoms with Gasteiger partial charge in [-0.15, -0.1) is 0 Å². The van der Waals surface area contributed by atoms with Gasteiger partial charge in [0.25, 0.3) is 0 Å². The lowest BCUT2D eigenvalue weighted by atomic mass is 9.84. The third kappa shape index (κ3) is 4.65. The molecule has 0 radical (unpaired) electrons. The van der Waals surface area contributed by atoms with Crippen LogP contribution in [-0.2, 0) is 9.53 Å². The van der Waals surface area contributed by atoms with Crippen LogP contribution in [0.25, 0.3) is 0 Å². The van der Waals surface area contributed by atoms with Crippen LogP contribution in [0.4, 0.5) is 0 Å². The van der Waals surface area contributed by atoms with Crippen molar-refractivity contribution in [3.05, 3.63) is 0 Å². The number of ether oxygens (including phenoxy) is 1. The molecule has 1 saturated carbocycles. The number of carbonyl (C=O) groups excluding carboxylic acids is 1. The Hall–Kier alpha value is -0.570. The first kappa shape index (κ1) is 12.5. The topological polar surface area (TPSA) is 38.3 Å². The van der Waals surface area contributed by atoms with Gasteiger partial charge in [0.2, 0.25) is 0 Å². The van der Waals surface area contributed by atoms with Crippen LogP contribution in [0.1, 0.15) is 46.0 Å². The largest absolute Gasteiger partial charge is 0.465 e. The summed E-state index contributed by atoms with van der Waals surface area (Å²) in [5.41, 5.74) is 0. The Kier molecular flexibility index (Phi) is 5.69. The molecule has 0 amide bonds. The zero-order valence-electron chi connectivity index (χ0n) is 9.92. The van der Waals surface area contributed by atoms with E-state index in [0.29, 0.717) is 19.2 Å². The summed E-state index contributed by atoms with van der Waals surface area (Å²) < 4.78 is 4.88. The zero-order chi connectivity index (χ0) is 11.1. The highest BCUT2D eigenvalue weighted by Gasteiger charge is 2.20. The first-order valence-electron chi connectivity index (χ1n) is 6.15. The van der Waals surface area contributed by atoms with Crippen molar-refractivity contribution in [3.63, 3.8) is 0 Å². The minimum absolute atomic E-state index is 0.129. The van der Waals surface area contributed by atoms with Crippen LogP contribution in [0.2, 0.25) is 0 Å². The van der Waals surface area contributed by atoms with Gasteiger partial charge in [0.15, 0.2) is 0 Å². The summed E-state index contributed by atoms with van der Waals surface area (Å²) in [7, 11) is 0. The Labute approximate surface area is 92.6 Å². The third-order valence-electron chi connectivity index (χ3n) is 3.20. The second kappa shape index (κ2) is 6.83. The molecule has 0 aromatic heterocycles. The van der Waals surface area contributed by atoms with Gasteiger partial charge in [-0.05, 0) is 25.7 Å². The summed E-state index contributed by atoms with van der Waals surface area (Å²) >= 11 is 0. The van der Waals surface area contributed by atoms with E-state index in [1.165, 1.54) is 32.1 Å².